The number of carbonyl (C=O) groups is 1. The molecule has 0 radical (unpaired) electrons. The SMILES string of the molecule is O=C(C(O)CO)N1CC2CC1CC2Cc1ccc(Cl)cc1O. The number of benzene rings is 1. The largest absolute Gasteiger partial charge is 0.508 e. The molecule has 4 atom stereocenters. The van der Waals surface area contributed by atoms with Crippen LogP contribution < -0.4 is 0 Å². The molecular formula is C16H20ClNO4. The van der Waals surface area contributed by atoms with Crippen molar-refractivity contribution in [3.63, 3.8) is 0 Å². The number of piperidine rings is 1. The summed E-state index contributed by atoms with van der Waals surface area (Å²) in [5.74, 6) is 0.656. The highest BCUT2D eigenvalue weighted by atomic mass is 35.5. The number of hydrogen-bond acceptors (Lipinski definition) is 4. The molecule has 2 aliphatic rings. The highest BCUT2D eigenvalue weighted by molar-refractivity contribution is 6.30. The van der Waals surface area contributed by atoms with Crippen molar-refractivity contribution in [2.45, 2.75) is 31.4 Å². The maximum atomic E-state index is 12.0. The summed E-state index contributed by atoms with van der Waals surface area (Å²) in [6.45, 7) is 0.0916. The van der Waals surface area contributed by atoms with Gasteiger partial charge in [-0.25, -0.2) is 0 Å². The molecule has 1 amide bonds. The third kappa shape index (κ3) is 2.81. The first-order valence-corrected chi connectivity index (χ1v) is 7.94. The number of aliphatic hydroxyl groups excluding tert-OH is 2. The predicted octanol–water partition coefficient (Wildman–Crippen LogP) is 1.18. The minimum absolute atomic E-state index is 0.137. The molecule has 1 heterocycles. The number of halogens is 1. The summed E-state index contributed by atoms with van der Waals surface area (Å²) < 4.78 is 0. The molecule has 1 aliphatic heterocycles. The standard InChI is InChI=1S/C16H20ClNO4/c17-12-2-1-9(14(20)6-12)3-10-4-13-5-11(10)7-18(13)16(22)15(21)8-19/h1-2,6,10-11,13,15,19-21H,3-5,7-8H2. The minimum atomic E-state index is -1.31. The molecule has 1 aromatic rings. The first kappa shape index (κ1) is 15.6. The number of phenolic OH excluding ortho intramolecular Hbond substituents is 1. The Morgan fingerprint density at radius 3 is 2.77 bits per heavy atom. The summed E-state index contributed by atoms with van der Waals surface area (Å²) in [5, 5.41) is 28.9. The Morgan fingerprint density at radius 1 is 1.41 bits per heavy atom. The third-order valence-electron chi connectivity index (χ3n) is 4.96. The molecule has 6 heteroatoms. The van der Waals surface area contributed by atoms with E-state index in [1.54, 1.807) is 17.0 Å². The normalized spacial score (nSPS) is 28.1. The van der Waals surface area contributed by atoms with Gasteiger partial charge in [0.1, 0.15) is 5.75 Å². The zero-order valence-corrected chi connectivity index (χ0v) is 12.9. The number of phenols is 1. The van der Waals surface area contributed by atoms with E-state index in [4.69, 9.17) is 16.7 Å². The number of hydrogen-bond donors (Lipinski definition) is 3. The predicted molar refractivity (Wildman–Crippen MR) is 81.6 cm³/mol. The van der Waals surface area contributed by atoms with Gasteiger partial charge in [0, 0.05) is 17.6 Å². The van der Waals surface area contributed by atoms with Crippen LogP contribution >= 0.6 is 11.6 Å². The monoisotopic (exact) mass is 325 g/mol. The molecule has 1 saturated carbocycles. The van der Waals surface area contributed by atoms with Crippen LogP contribution in [0.15, 0.2) is 18.2 Å². The third-order valence-corrected chi connectivity index (χ3v) is 5.19. The van der Waals surface area contributed by atoms with Gasteiger partial charge < -0.3 is 20.2 Å². The van der Waals surface area contributed by atoms with E-state index < -0.39 is 12.7 Å². The highest BCUT2D eigenvalue weighted by Crippen LogP contribution is 2.44. The number of fused-ring (bicyclic) bond motifs is 2. The van der Waals surface area contributed by atoms with Crippen LogP contribution in [0.1, 0.15) is 18.4 Å². The van der Waals surface area contributed by atoms with Crippen molar-refractivity contribution >= 4 is 17.5 Å². The average Bonchev–Trinajstić information content (AvgIpc) is 3.08. The fraction of sp³-hybridized carbons (Fsp3) is 0.562. The van der Waals surface area contributed by atoms with Gasteiger partial charge in [-0.05, 0) is 48.8 Å². The molecule has 3 N–H and O–H groups in total. The molecular weight excluding hydrogens is 306 g/mol. The van der Waals surface area contributed by atoms with Crippen LogP contribution in [0.4, 0.5) is 0 Å². The quantitative estimate of drug-likeness (QED) is 0.776. The Bertz CT molecular complexity index is 579. The molecule has 5 nitrogen and oxygen atoms in total. The summed E-state index contributed by atoms with van der Waals surface area (Å²) in [4.78, 5) is 13.7. The van der Waals surface area contributed by atoms with Crippen LogP contribution in [0.2, 0.25) is 5.02 Å². The Balaban J connectivity index is 1.64. The Labute approximate surface area is 134 Å². The van der Waals surface area contributed by atoms with Crippen LogP contribution in [0.3, 0.4) is 0 Å². The number of carbonyl (C=O) groups excluding carboxylic acids is 1. The zero-order valence-electron chi connectivity index (χ0n) is 12.2. The van der Waals surface area contributed by atoms with Crippen LogP contribution in [-0.2, 0) is 11.2 Å². The van der Waals surface area contributed by atoms with Crippen molar-refractivity contribution < 1.29 is 20.1 Å². The highest BCUT2D eigenvalue weighted by Gasteiger charge is 2.47. The molecule has 120 valence electrons. The van der Waals surface area contributed by atoms with Gasteiger partial charge in [0.15, 0.2) is 6.10 Å². The molecule has 1 aliphatic carbocycles. The lowest BCUT2D eigenvalue weighted by Gasteiger charge is -2.32. The molecule has 3 rings (SSSR count). The average molecular weight is 326 g/mol. The second-order valence-corrected chi connectivity index (χ2v) is 6.75. The number of likely N-dealkylation sites (tertiary alicyclic amines) is 1. The van der Waals surface area contributed by atoms with E-state index in [0.717, 1.165) is 24.8 Å². The summed E-state index contributed by atoms with van der Waals surface area (Å²) in [5.41, 5.74) is 0.884. The van der Waals surface area contributed by atoms with Gasteiger partial charge in [0.2, 0.25) is 0 Å². The van der Waals surface area contributed by atoms with Gasteiger partial charge >= 0.3 is 0 Å². The van der Waals surface area contributed by atoms with E-state index >= 15 is 0 Å². The van der Waals surface area contributed by atoms with Gasteiger partial charge in [-0.3, -0.25) is 4.79 Å². The summed E-state index contributed by atoms with van der Waals surface area (Å²) in [6.07, 6.45) is 1.27. The molecule has 0 aromatic heterocycles. The molecule has 4 unspecified atom stereocenters. The van der Waals surface area contributed by atoms with Crippen molar-refractivity contribution in [2.75, 3.05) is 13.2 Å². The lowest BCUT2D eigenvalue weighted by Crippen LogP contribution is -2.46. The van der Waals surface area contributed by atoms with Crippen molar-refractivity contribution in [3.05, 3.63) is 28.8 Å². The Morgan fingerprint density at radius 2 is 2.18 bits per heavy atom. The van der Waals surface area contributed by atoms with E-state index in [2.05, 4.69) is 0 Å². The van der Waals surface area contributed by atoms with Gasteiger partial charge in [-0.1, -0.05) is 17.7 Å². The van der Waals surface area contributed by atoms with Gasteiger partial charge in [0.05, 0.1) is 6.61 Å². The van der Waals surface area contributed by atoms with Crippen LogP contribution in [-0.4, -0.2) is 51.4 Å². The second-order valence-electron chi connectivity index (χ2n) is 6.31. The number of rotatable bonds is 4. The number of amides is 1. The van der Waals surface area contributed by atoms with E-state index in [1.165, 1.54) is 0 Å². The van der Waals surface area contributed by atoms with E-state index in [0.29, 0.717) is 23.4 Å². The second kappa shape index (κ2) is 6.07. The van der Waals surface area contributed by atoms with Crippen LogP contribution in [0.25, 0.3) is 0 Å². The van der Waals surface area contributed by atoms with Crippen LogP contribution in [0, 0.1) is 11.8 Å². The van der Waals surface area contributed by atoms with Gasteiger partial charge in [0.25, 0.3) is 5.91 Å². The van der Waals surface area contributed by atoms with Gasteiger partial charge in [-0.15, -0.1) is 0 Å². The molecule has 2 fully saturated rings. The van der Waals surface area contributed by atoms with Crippen LogP contribution in [0.5, 0.6) is 5.75 Å². The fourth-order valence-corrected chi connectivity index (χ4v) is 4.01. The molecule has 22 heavy (non-hydrogen) atoms. The Hall–Kier alpha value is -1.30. The molecule has 1 aromatic carbocycles. The Kier molecular flexibility index (Phi) is 4.30. The lowest BCUT2D eigenvalue weighted by molar-refractivity contribution is -0.144. The minimum Gasteiger partial charge on any atom is -0.508 e. The molecule has 0 spiro atoms. The molecule has 1 saturated heterocycles. The maximum Gasteiger partial charge on any atom is 0.254 e. The first-order chi connectivity index (χ1) is 10.5. The van der Waals surface area contributed by atoms with Gasteiger partial charge in [-0.2, -0.15) is 0 Å². The zero-order chi connectivity index (χ0) is 15.9. The maximum absolute atomic E-state index is 12.0. The smallest absolute Gasteiger partial charge is 0.254 e. The lowest BCUT2D eigenvalue weighted by atomic mass is 9.88. The number of aromatic hydroxyl groups is 1. The van der Waals surface area contributed by atoms with E-state index in [-0.39, 0.29) is 17.7 Å². The summed E-state index contributed by atoms with van der Waals surface area (Å²) in [7, 11) is 0. The topological polar surface area (TPSA) is 81.0 Å². The van der Waals surface area contributed by atoms with Crippen molar-refractivity contribution in [2.24, 2.45) is 11.8 Å². The van der Waals surface area contributed by atoms with E-state index in [9.17, 15) is 15.0 Å². The first-order valence-electron chi connectivity index (χ1n) is 7.56. The van der Waals surface area contributed by atoms with E-state index in [1.807, 2.05) is 6.07 Å². The number of nitrogens with zero attached hydrogens (tertiary/aromatic N) is 1. The summed E-state index contributed by atoms with van der Waals surface area (Å²) >= 11 is 5.85. The van der Waals surface area contributed by atoms with Crippen molar-refractivity contribution in [3.8, 4) is 5.75 Å². The molecule has 2 bridgehead atoms. The van der Waals surface area contributed by atoms with Crippen molar-refractivity contribution in [1.29, 1.82) is 0 Å². The fourth-order valence-electron chi connectivity index (χ4n) is 3.84. The summed E-state index contributed by atoms with van der Waals surface area (Å²) in [6, 6.07) is 5.31. The number of aliphatic hydroxyl groups is 2. The van der Waals surface area contributed by atoms with Crippen molar-refractivity contribution in [1.82, 2.24) is 4.90 Å².